The van der Waals surface area contributed by atoms with Crippen LogP contribution in [0.2, 0.25) is 0 Å². The van der Waals surface area contributed by atoms with Crippen LogP contribution in [-0.2, 0) is 4.79 Å². The largest absolute Gasteiger partial charge is 0.341 e. The van der Waals surface area contributed by atoms with Gasteiger partial charge in [-0.3, -0.25) is 9.69 Å². The fraction of sp³-hybridized carbons (Fsp3) is 0.632. The molecule has 0 aliphatic carbocycles. The van der Waals surface area contributed by atoms with E-state index < -0.39 is 6.04 Å². The van der Waals surface area contributed by atoms with Gasteiger partial charge >= 0.3 is 0 Å². The molecule has 1 amide bonds. The maximum Gasteiger partial charge on any atom is 0.244 e. The molecule has 2 aliphatic heterocycles. The summed E-state index contributed by atoms with van der Waals surface area (Å²) in [6, 6.07) is 6.62. The van der Waals surface area contributed by atoms with Crippen molar-refractivity contribution in [2.45, 2.75) is 37.8 Å². The molecule has 0 radical (unpaired) electrons. The number of amides is 1. The monoisotopic (exact) mass is 333 g/mol. The summed E-state index contributed by atoms with van der Waals surface area (Å²) in [6.45, 7) is 4.03. The highest BCUT2D eigenvalue weighted by Gasteiger charge is 2.32. The normalized spacial score (nSPS) is 21.4. The van der Waals surface area contributed by atoms with E-state index in [0.717, 1.165) is 31.5 Å². The predicted molar refractivity (Wildman–Crippen MR) is 93.2 cm³/mol. The van der Waals surface area contributed by atoms with E-state index in [-0.39, 0.29) is 11.7 Å². The second-order valence-electron chi connectivity index (χ2n) is 7.22. The molecule has 1 atom stereocenters. The summed E-state index contributed by atoms with van der Waals surface area (Å²) in [4.78, 5) is 19.4. The number of hydrogen-bond donors (Lipinski definition) is 0. The fourth-order valence-corrected chi connectivity index (χ4v) is 4.07. The highest BCUT2D eigenvalue weighted by molar-refractivity contribution is 5.83. The second kappa shape index (κ2) is 7.62. The van der Waals surface area contributed by atoms with Crippen LogP contribution in [0.25, 0.3) is 0 Å². The van der Waals surface area contributed by atoms with Crippen molar-refractivity contribution in [3.05, 3.63) is 35.6 Å². The van der Waals surface area contributed by atoms with Crippen molar-refractivity contribution in [1.82, 2.24) is 14.7 Å². The molecular weight excluding hydrogens is 305 g/mol. The lowest BCUT2D eigenvalue weighted by Gasteiger charge is -2.39. The number of benzene rings is 1. The Labute approximate surface area is 144 Å². The van der Waals surface area contributed by atoms with Gasteiger partial charge in [0.15, 0.2) is 0 Å². The third-order valence-electron chi connectivity index (χ3n) is 5.35. The van der Waals surface area contributed by atoms with Crippen LogP contribution >= 0.6 is 0 Å². The molecule has 2 saturated heterocycles. The summed E-state index contributed by atoms with van der Waals surface area (Å²) >= 11 is 0. The van der Waals surface area contributed by atoms with E-state index in [0.29, 0.717) is 6.04 Å². The summed E-state index contributed by atoms with van der Waals surface area (Å²) in [6.07, 6.45) is 4.72. The Morgan fingerprint density at radius 2 is 1.83 bits per heavy atom. The van der Waals surface area contributed by atoms with Gasteiger partial charge in [0.25, 0.3) is 0 Å². The maximum atomic E-state index is 13.6. The first-order chi connectivity index (χ1) is 11.6. The number of hydrogen-bond acceptors (Lipinski definition) is 3. The van der Waals surface area contributed by atoms with Gasteiger partial charge in [-0.25, -0.2) is 4.39 Å². The Bertz CT molecular complexity index is 563. The number of nitrogens with zero attached hydrogens (tertiary/aromatic N) is 3. The van der Waals surface area contributed by atoms with Gasteiger partial charge in [-0.05, 0) is 70.6 Å². The predicted octanol–water partition coefficient (Wildman–Crippen LogP) is 2.52. The third kappa shape index (κ3) is 3.78. The van der Waals surface area contributed by atoms with Crippen LogP contribution in [0.5, 0.6) is 0 Å². The van der Waals surface area contributed by atoms with E-state index in [4.69, 9.17) is 0 Å². The van der Waals surface area contributed by atoms with Crippen LogP contribution in [0, 0.1) is 5.82 Å². The van der Waals surface area contributed by atoms with Crippen molar-refractivity contribution in [3.8, 4) is 0 Å². The Hall–Kier alpha value is -1.46. The third-order valence-corrected chi connectivity index (χ3v) is 5.35. The molecule has 1 aromatic rings. The molecule has 0 bridgehead atoms. The first kappa shape index (κ1) is 17.4. The highest BCUT2D eigenvalue weighted by atomic mass is 19.1. The average molecular weight is 333 g/mol. The number of likely N-dealkylation sites (tertiary alicyclic amines) is 2. The molecule has 0 N–H and O–H groups in total. The number of piperidine rings is 1. The van der Waals surface area contributed by atoms with Gasteiger partial charge in [0.05, 0.1) is 0 Å². The van der Waals surface area contributed by atoms with Crippen molar-refractivity contribution >= 4 is 5.91 Å². The summed E-state index contributed by atoms with van der Waals surface area (Å²) in [5.41, 5.74) is 0.728. The zero-order chi connectivity index (χ0) is 17.1. The molecule has 4 nitrogen and oxygen atoms in total. The Balaban J connectivity index is 1.66. The van der Waals surface area contributed by atoms with Crippen LogP contribution in [0.4, 0.5) is 4.39 Å². The number of halogens is 1. The smallest absolute Gasteiger partial charge is 0.244 e. The average Bonchev–Trinajstić information content (AvgIpc) is 3.09. The number of carbonyl (C=O) groups excluding carboxylic acids is 1. The van der Waals surface area contributed by atoms with Gasteiger partial charge in [0, 0.05) is 19.1 Å². The van der Waals surface area contributed by atoms with E-state index in [1.165, 1.54) is 38.1 Å². The zero-order valence-corrected chi connectivity index (χ0v) is 14.7. The van der Waals surface area contributed by atoms with Gasteiger partial charge in [-0.15, -0.1) is 0 Å². The van der Waals surface area contributed by atoms with E-state index in [2.05, 4.69) is 4.90 Å². The Kier molecular flexibility index (Phi) is 5.51. The van der Waals surface area contributed by atoms with Crippen LogP contribution in [-0.4, -0.2) is 66.9 Å². The zero-order valence-electron chi connectivity index (χ0n) is 14.7. The van der Waals surface area contributed by atoms with Crippen molar-refractivity contribution in [2.24, 2.45) is 0 Å². The first-order valence-corrected chi connectivity index (χ1v) is 9.01. The molecule has 3 rings (SSSR count). The van der Waals surface area contributed by atoms with E-state index in [9.17, 15) is 9.18 Å². The molecular formula is C19H28FN3O. The Morgan fingerprint density at radius 1 is 1.17 bits per heavy atom. The summed E-state index contributed by atoms with van der Waals surface area (Å²) in [5.74, 6) is -0.203. The van der Waals surface area contributed by atoms with E-state index in [1.807, 2.05) is 30.0 Å². The van der Waals surface area contributed by atoms with Crippen LogP contribution in [0.3, 0.4) is 0 Å². The second-order valence-corrected chi connectivity index (χ2v) is 7.22. The minimum Gasteiger partial charge on any atom is -0.341 e. The molecule has 2 aliphatic rings. The number of carbonyl (C=O) groups is 1. The van der Waals surface area contributed by atoms with Gasteiger partial charge in [-0.1, -0.05) is 12.1 Å². The molecule has 5 heteroatoms. The number of likely N-dealkylation sites (N-methyl/N-ethyl adjacent to an activating group) is 1. The molecule has 132 valence electrons. The standard InChI is InChI=1S/C19H28FN3O/c1-21(2)18(15-6-5-7-16(20)14-15)19(24)23-12-8-17(9-13-23)22-10-3-4-11-22/h5-7,14,17-18H,3-4,8-13H2,1-2H3/t18-/m1/s1. The first-order valence-electron chi connectivity index (χ1n) is 9.01. The van der Waals surface area contributed by atoms with Crippen LogP contribution in [0.1, 0.15) is 37.3 Å². The van der Waals surface area contributed by atoms with Gasteiger partial charge in [0.1, 0.15) is 11.9 Å². The lowest BCUT2D eigenvalue weighted by molar-refractivity contribution is -0.138. The van der Waals surface area contributed by atoms with Gasteiger partial charge in [-0.2, -0.15) is 0 Å². The quantitative estimate of drug-likeness (QED) is 0.847. The summed E-state index contributed by atoms with van der Waals surface area (Å²) in [5, 5.41) is 0. The number of rotatable bonds is 4. The minimum atomic E-state index is -0.413. The Morgan fingerprint density at radius 3 is 2.42 bits per heavy atom. The van der Waals surface area contributed by atoms with E-state index in [1.54, 1.807) is 6.07 Å². The summed E-state index contributed by atoms with van der Waals surface area (Å²) in [7, 11) is 3.76. The topological polar surface area (TPSA) is 26.8 Å². The van der Waals surface area contributed by atoms with Crippen LogP contribution in [0.15, 0.2) is 24.3 Å². The molecule has 2 heterocycles. The molecule has 0 saturated carbocycles. The molecule has 1 aromatic carbocycles. The van der Waals surface area contributed by atoms with E-state index >= 15 is 0 Å². The summed E-state index contributed by atoms with van der Waals surface area (Å²) < 4.78 is 13.6. The lowest BCUT2D eigenvalue weighted by Crippen LogP contribution is -2.48. The molecule has 24 heavy (non-hydrogen) atoms. The molecule has 2 fully saturated rings. The SMILES string of the molecule is CN(C)[C@@H](C(=O)N1CCC(N2CCCC2)CC1)c1cccc(F)c1. The fourth-order valence-electron chi connectivity index (χ4n) is 4.07. The maximum absolute atomic E-state index is 13.6. The van der Waals surface area contributed by atoms with Crippen molar-refractivity contribution < 1.29 is 9.18 Å². The van der Waals surface area contributed by atoms with Gasteiger partial charge < -0.3 is 9.80 Å². The molecule has 0 unspecified atom stereocenters. The van der Waals surface area contributed by atoms with Crippen LogP contribution < -0.4 is 0 Å². The highest BCUT2D eigenvalue weighted by Crippen LogP contribution is 2.26. The molecule has 0 spiro atoms. The van der Waals surface area contributed by atoms with Crippen molar-refractivity contribution in [1.29, 1.82) is 0 Å². The van der Waals surface area contributed by atoms with Crippen molar-refractivity contribution in [3.63, 3.8) is 0 Å². The van der Waals surface area contributed by atoms with Gasteiger partial charge in [0.2, 0.25) is 5.91 Å². The molecule has 0 aromatic heterocycles. The minimum absolute atomic E-state index is 0.0884. The lowest BCUT2D eigenvalue weighted by atomic mass is 10.00. The van der Waals surface area contributed by atoms with Crippen molar-refractivity contribution in [2.75, 3.05) is 40.3 Å².